The summed E-state index contributed by atoms with van der Waals surface area (Å²) in [6.07, 6.45) is -0.411. The van der Waals surface area contributed by atoms with E-state index in [0.717, 1.165) is 50.1 Å². The predicted molar refractivity (Wildman–Crippen MR) is 142 cm³/mol. The summed E-state index contributed by atoms with van der Waals surface area (Å²) in [5.74, 6) is 0.628. The SMILES string of the molecule is N#CC(C#N)OC1CCCN(c2cccc(OC(=O)Oc3cccc(N4CCCC(OC(C#N)C#N)C4)c3)c2)C1. The molecule has 2 aliphatic heterocycles. The van der Waals surface area contributed by atoms with Gasteiger partial charge in [-0.05, 0) is 49.9 Å². The second-order valence-corrected chi connectivity index (χ2v) is 9.42. The van der Waals surface area contributed by atoms with Crippen LogP contribution in [0.4, 0.5) is 16.2 Å². The van der Waals surface area contributed by atoms with Gasteiger partial charge in [-0.3, -0.25) is 0 Å². The molecule has 40 heavy (non-hydrogen) atoms. The number of hydrogen-bond acceptors (Lipinski definition) is 11. The van der Waals surface area contributed by atoms with Gasteiger partial charge in [-0.15, -0.1) is 0 Å². The van der Waals surface area contributed by atoms with Crippen LogP contribution < -0.4 is 19.3 Å². The molecule has 0 aliphatic carbocycles. The Labute approximate surface area is 232 Å². The van der Waals surface area contributed by atoms with E-state index in [1.807, 2.05) is 36.4 Å². The van der Waals surface area contributed by atoms with E-state index < -0.39 is 18.4 Å². The third-order valence-electron chi connectivity index (χ3n) is 6.65. The van der Waals surface area contributed by atoms with Crippen molar-refractivity contribution in [2.45, 2.75) is 50.1 Å². The number of rotatable bonds is 8. The minimum Gasteiger partial charge on any atom is -0.395 e. The number of ether oxygens (including phenoxy) is 4. The van der Waals surface area contributed by atoms with Crippen molar-refractivity contribution in [3.63, 3.8) is 0 Å². The molecule has 4 rings (SSSR count). The molecule has 2 aromatic carbocycles. The highest BCUT2D eigenvalue weighted by Crippen LogP contribution is 2.28. The molecule has 0 N–H and O–H groups in total. The molecule has 2 fully saturated rings. The molecule has 0 radical (unpaired) electrons. The Hall–Kier alpha value is -4.81. The maximum absolute atomic E-state index is 12.6. The molecule has 11 heteroatoms. The number of hydrogen-bond donors (Lipinski definition) is 0. The van der Waals surface area contributed by atoms with Crippen LogP contribution in [0.25, 0.3) is 0 Å². The lowest BCUT2D eigenvalue weighted by atomic mass is 10.1. The Morgan fingerprint density at radius 3 is 1.55 bits per heavy atom. The maximum Gasteiger partial charge on any atom is 0.519 e. The topological polar surface area (TPSA) is 156 Å². The van der Waals surface area contributed by atoms with Gasteiger partial charge in [0.25, 0.3) is 0 Å². The van der Waals surface area contributed by atoms with Gasteiger partial charge >= 0.3 is 6.16 Å². The van der Waals surface area contributed by atoms with Gasteiger partial charge in [-0.25, -0.2) is 4.79 Å². The smallest absolute Gasteiger partial charge is 0.395 e. The molecule has 0 aromatic heterocycles. The van der Waals surface area contributed by atoms with E-state index in [1.165, 1.54) is 0 Å². The lowest BCUT2D eigenvalue weighted by Gasteiger charge is -2.34. The number of nitriles is 4. The van der Waals surface area contributed by atoms with Crippen LogP contribution in [-0.4, -0.2) is 56.8 Å². The summed E-state index contributed by atoms with van der Waals surface area (Å²) in [7, 11) is 0. The Bertz CT molecular complexity index is 1230. The monoisotopic (exact) mass is 540 g/mol. The molecular formula is C29H28N6O5. The molecule has 2 unspecified atom stereocenters. The zero-order valence-corrected chi connectivity index (χ0v) is 21.8. The number of carbonyl (C=O) groups excluding carboxylic acids is 1. The summed E-state index contributed by atoms with van der Waals surface area (Å²) in [5, 5.41) is 36.0. The average Bonchev–Trinajstić information content (AvgIpc) is 2.99. The van der Waals surface area contributed by atoms with Gasteiger partial charge in [0.05, 0.1) is 12.2 Å². The van der Waals surface area contributed by atoms with Crippen molar-refractivity contribution >= 4 is 17.5 Å². The molecule has 0 saturated carbocycles. The first-order valence-corrected chi connectivity index (χ1v) is 13.0. The van der Waals surface area contributed by atoms with Crippen molar-refractivity contribution in [2.24, 2.45) is 0 Å². The minimum atomic E-state index is -1.10. The predicted octanol–water partition coefficient (Wildman–Crippen LogP) is 4.07. The van der Waals surface area contributed by atoms with Gasteiger partial charge in [0.15, 0.2) is 0 Å². The fourth-order valence-corrected chi connectivity index (χ4v) is 4.83. The Balaban J connectivity index is 1.34. The van der Waals surface area contributed by atoms with Crippen LogP contribution in [0, 0.1) is 45.3 Å². The van der Waals surface area contributed by atoms with Crippen LogP contribution in [0.5, 0.6) is 11.5 Å². The quantitative estimate of drug-likeness (QED) is 0.351. The lowest BCUT2D eigenvalue weighted by Crippen LogP contribution is -2.41. The largest absolute Gasteiger partial charge is 0.519 e. The molecule has 0 amide bonds. The second-order valence-electron chi connectivity index (χ2n) is 9.42. The van der Waals surface area contributed by atoms with Crippen LogP contribution in [0.3, 0.4) is 0 Å². The van der Waals surface area contributed by atoms with E-state index in [9.17, 15) is 4.79 Å². The summed E-state index contributed by atoms with van der Waals surface area (Å²) in [5.41, 5.74) is 1.64. The lowest BCUT2D eigenvalue weighted by molar-refractivity contribution is 0.0344. The minimum absolute atomic E-state index is 0.249. The number of piperidine rings is 2. The Kier molecular flexibility index (Phi) is 9.75. The standard InChI is InChI=1S/C29H28N6O5/c30-15-27(16-31)37-25-9-3-11-34(19-25)21-5-1-7-23(13-21)39-29(36)40-24-8-2-6-22(14-24)35-12-4-10-26(20-35)38-28(17-32)18-33/h1-2,5-8,13-14,25-28H,3-4,9-12,19-20H2. The number of anilines is 2. The molecule has 2 aliphatic rings. The highest BCUT2D eigenvalue weighted by molar-refractivity contribution is 5.69. The van der Waals surface area contributed by atoms with Gasteiger partial charge in [-0.1, -0.05) is 12.1 Å². The van der Waals surface area contributed by atoms with Crippen molar-refractivity contribution < 1.29 is 23.7 Å². The third-order valence-corrected chi connectivity index (χ3v) is 6.65. The highest BCUT2D eigenvalue weighted by atomic mass is 16.7. The molecule has 2 saturated heterocycles. The van der Waals surface area contributed by atoms with Gasteiger partial charge in [0, 0.05) is 49.7 Å². The van der Waals surface area contributed by atoms with E-state index in [0.29, 0.717) is 24.6 Å². The van der Waals surface area contributed by atoms with Gasteiger partial charge in [0.2, 0.25) is 12.2 Å². The van der Waals surface area contributed by atoms with Crippen LogP contribution in [0.2, 0.25) is 0 Å². The summed E-state index contributed by atoms with van der Waals surface area (Å²) in [6.45, 7) is 2.55. The Morgan fingerprint density at radius 2 is 1.15 bits per heavy atom. The summed E-state index contributed by atoms with van der Waals surface area (Å²) >= 11 is 0. The van der Waals surface area contributed by atoms with E-state index in [1.54, 1.807) is 36.4 Å². The summed E-state index contributed by atoms with van der Waals surface area (Å²) in [6, 6.07) is 21.4. The zero-order valence-electron chi connectivity index (χ0n) is 21.8. The van der Waals surface area contributed by atoms with E-state index in [-0.39, 0.29) is 12.2 Å². The van der Waals surface area contributed by atoms with E-state index in [4.69, 9.17) is 40.0 Å². The molecule has 2 heterocycles. The molecule has 2 atom stereocenters. The molecular weight excluding hydrogens is 512 g/mol. The maximum atomic E-state index is 12.6. The van der Waals surface area contributed by atoms with Crippen molar-refractivity contribution in [3.05, 3.63) is 48.5 Å². The van der Waals surface area contributed by atoms with Crippen LogP contribution >= 0.6 is 0 Å². The first-order valence-electron chi connectivity index (χ1n) is 13.0. The molecule has 11 nitrogen and oxygen atoms in total. The normalized spacial score (nSPS) is 18.8. The summed E-state index contributed by atoms with van der Waals surface area (Å²) in [4.78, 5) is 16.7. The van der Waals surface area contributed by atoms with Crippen molar-refractivity contribution in [2.75, 3.05) is 36.0 Å². The first-order chi connectivity index (χ1) is 19.5. The third kappa shape index (κ3) is 7.62. The van der Waals surface area contributed by atoms with Crippen LogP contribution in [0.1, 0.15) is 25.7 Å². The van der Waals surface area contributed by atoms with Crippen molar-refractivity contribution in [1.29, 1.82) is 21.0 Å². The molecule has 0 bridgehead atoms. The van der Waals surface area contributed by atoms with Crippen LogP contribution in [0.15, 0.2) is 48.5 Å². The van der Waals surface area contributed by atoms with Gasteiger partial charge < -0.3 is 28.7 Å². The highest BCUT2D eigenvalue weighted by Gasteiger charge is 2.25. The number of carbonyl (C=O) groups is 1. The van der Waals surface area contributed by atoms with Crippen molar-refractivity contribution in [1.82, 2.24) is 0 Å². The molecule has 2 aromatic rings. The zero-order chi connectivity index (χ0) is 28.3. The molecule has 0 spiro atoms. The van der Waals surface area contributed by atoms with Gasteiger partial charge in [0.1, 0.15) is 35.8 Å². The first kappa shape index (κ1) is 28.2. The molecule has 204 valence electrons. The summed E-state index contributed by atoms with van der Waals surface area (Å²) < 4.78 is 22.1. The average molecular weight is 541 g/mol. The fraction of sp³-hybridized carbons (Fsp3) is 0.414. The van der Waals surface area contributed by atoms with Crippen molar-refractivity contribution in [3.8, 4) is 35.8 Å². The van der Waals surface area contributed by atoms with Gasteiger partial charge in [-0.2, -0.15) is 21.0 Å². The second kappa shape index (κ2) is 13.8. The van der Waals surface area contributed by atoms with E-state index >= 15 is 0 Å². The van der Waals surface area contributed by atoms with E-state index in [2.05, 4.69) is 9.80 Å². The van der Waals surface area contributed by atoms with Crippen LogP contribution in [-0.2, 0) is 9.47 Å². The fourth-order valence-electron chi connectivity index (χ4n) is 4.83. The Morgan fingerprint density at radius 1 is 0.725 bits per heavy atom. The number of nitrogens with zero attached hydrogens (tertiary/aromatic N) is 6. The number of benzene rings is 2.